The number of aromatic nitrogens is 2. The number of guanidine groups is 1. The third-order valence-electron chi connectivity index (χ3n) is 4.36. The smallest absolute Gasteiger partial charge is 0.280 e. The number of unbranched alkanes of at least 4 members (excludes halogenated alkanes) is 1. The number of halogens is 1. The van der Waals surface area contributed by atoms with E-state index in [1.165, 1.54) is 5.56 Å². The number of ketones is 1. The van der Waals surface area contributed by atoms with Gasteiger partial charge in [-0.1, -0.05) is 35.9 Å². The van der Waals surface area contributed by atoms with Gasteiger partial charge in [-0.2, -0.15) is 0 Å². The van der Waals surface area contributed by atoms with Crippen LogP contribution in [0.4, 0.5) is 11.6 Å². The summed E-state index contributed by atoms with van der Waals surface area (Å²) < 4.78 is 0. The molecule has 10 nitrogen and oxygen atoms in total. The number of nitrogens with zero attached hydrogens (tertiary/aromatic N) is 3. The zero-order valence-electron chi connectivity index (χ0n) is 17.1. The van der Waals surface area contributed by atoms with Gasteiger partial charge >= 0.3 is 0 Å². The molecule has 0 aliphatic rings. The molecule has 0 aliphatic heterocycles. The van der Waals surface area contributed by atoms with E-state index < -0.39 is 5.91 Å². The second-order valence-electron chi connectivity index (χ2n) is 6.88. The Morgan fingerprint density at radius 1 is 1.03 bits per heavy atom. The van der Waals surface area contributed by atoms with Crippen LogP contribution >= 0.6 is 11.6 Å². The average Bonchev–Trinajstić information content (AvgIpc) is 2.71. The minimum atomic E-state index is -0.668. The molecular formula is C20H27ClN8O2. The number of aryl methyl sites for hydroxylation is 1. The maximum Gasteiger partial charge on any atom is 0.280 e. The summed E-state index contributed by atoms with van der Waals surface area (Å²) in [5.41, 5.74) is 24.2. The maximum atomic E-state index is 12.2. The number of carbonyl (C=O) groups is 2. The van der Waals surface area contributed by atoms with Gasteiger partial charge in [0.15, 0.2) is 28.4 Å². The van der Waals surface area contributed by atoms with E-state index in [0.717, 1.165) is 24.8 Å². The Hall–Kier alpha value is -3.24. The predicted octanol–water partition coefficient (Wildman–Crippen LogP) is 0.822. The van der Waals surface area contributed by atoms with Crippen LogP contribution in [0, 0.1) is 0 Å². The Morgan fingerprint density at radius 3 is 2.39 bits per heavy atom. The SMILES string of the molecule is NCCC(=O)Cc1ccc(CCCCN=C(N)NC(=O)c2nc(Cl)c(N)nc2N)cc1. The van der Waals surface area contributed by atoms with Crippen LogP contribution in [-0.2, 0) is 17.6 Å². The third-order valence-corrected chi connectivity index (χ3v) is 4.64. The fraction of sp³-hybridized carbons (Fsp3) is 0.350. The number of aliphatic imine (C=N–C) groups is 1. The van der Waals surface area contributed by atoms with Crippen molar-refractivity contribution in [3.05, 3.63) is 46.2 Å². The first kappa shape index (κ1) is 24.0. The van der Waals surface area contributed by atoms with Crippen LogP contribution in [0.2, 0.25) is 5.15 Å². The average molecular weight is 447 g/mol. The molecule has 0 saturated heterocycles. The van der Waals surface area contributed by atoms with Crippen LogP contribution in [0.5, 0.6) is 0 Å². The summed E-state index contributed by atoms with van der Waals surface area (Å²) in [5.74, 6) is -0.787. The number of Topliss-reactive ketones (excluding diaryl/α,β-unsaturated/α-hetero) is 1. The number of nitrogen functional groups attached to an aromatic ring is 2. The molecule has 0 radical (unpaired) electrons. The van der Waals surface area contributed by atoms with Crippen LogP contribution in [0.25, 0.3) is 0 Å². The summed E-state index contributed by atoms with van der Waals surface area (Å²) in [4.78, 5) is 35.5. The van der Waals surface area contributed by atoms with Crippen LogP contribution < -0.4 is 28.3 Å². The molecule has 0 aliphatic carbocycles. The van der Waals surface area contributed by atoms with E-state index in [1.807, 2.05) is 24.3 Å². The number of carbonyl (C=O) groups excluding carboxylic acids is 2. The van der Waals surface area contributed by atoms with Crippen molar-refractivity contribution in [1.29, 1.82) is 0 Å². The fourth-order valence-electron chi connectivity index (χ4n) is 2.76. The lowest BCUT2D eigenvalue weighted by Crippen LogP contribution is -2.38. The van der Waals surface area contributed by atoms with Gasteiger partial charge < -0.3 is 22.9 Å². The third kappa shape index (κ3) is 7.83. The van der Waals surface area contributed by atoms with Gasteiger partial charge in [-0.15, -0.1) is 0 Å². The van der Waals surface area contributed by atoms with Crippen molar-refractivity contribution in [2.45, 2.75) is 32.1 Å². The summed E-state index contributed by atoms with van der Waals surface area (Å²) in [7, 11) is 0. The molecular weight excluding hydrogens is 420 g/mol. The lowest BCUT2D eigenvalue weighted by atomic mass is 10.0. The molecule has 166 valence electrons. The van der Waals surface area contributed by atoms with Crippen molar-refractivity contribution >= 4 is 40.9 Å². The predicted molar refractivity (Wildman–Crippen MR) is 122 cm³/mol. The van der Waals surface area contributed by atoms with Crippen molar-refractivity contribution in [3.63, 3.8) is 0 Å². The molecule has 11 heteroatoms. The van der Waals surface area contributed by atoms with Crippen molar-refractivity contribution in [3.8, 4) is 0 Å². The van der Waals surface area contributed by atoms with Crippen LogP contribution in [0.1, 0.15) is 40.9 Å². The molecule has 1 aromatic heterocycles. The van der Waals surface area contributed by atoms with Gasteiger partial charge in [0.1, 0.15) is 5.78 Å². The number of nitrogens with one attached hydrogen (secondary N) is 1. The highest BCUT2D eigenvalue weighted by molar-refractivity contribution is 6.31. The van der Waals surface area contributed by atoms with E-state index in [9.17, 15) is 9.59 Å². The van der Waals surface area contributed by atoms with Gasteiger partial charge in [-0.3, -0.25) is 19.9 Å². The molecule has 0 fully saturated rings. The minimum absolute atomic E-state index is 0.0503. The molecule has 0 atom stereocenters. The van der Waals surface area contributed by atoms with Crippen molar-refractivity contribution < 1.29 is 9.59 Å². The first-order valence-corrected chi connectivity index (χ1v) is 10.2. The lowest BCUT2D eigenvalue weighted by molar-refractivity contribution is -0.118. The highest BCUT2D eigenvalue weighted by Crippen LogP contribution is 2.17. The first-order chi connectivity index (χ1) is 14.8. The molecule has 9 N–H and O–H groups in total. The van der Waals surface area contributed by atoms with Crippen LogP contribution in [0.15, 0.2) is 29.3 Å². The summed E-state index contributed by atoms with van der Waals surface area (Å²) in [6.45, 7) is 0.826. The minimum Gasteiger partial charge on any atom is -0.382 e. The molecule has 0 saturated carbocycles. The first-order valence-electron chi connectivity index (χ1n) is 9.79. The number of anilines is 2. The highest BCUT2D eigenvalue weighted by atomic mass is 35.5. The zero-order chi connectivity index (χ0) is 22.8. The number of rotatable bonds is 10. The van der Waals surface area contributed by atoms with Gasteiger partial charge in [0.2, 0.25) is 0 Å². The van der Waals surface area contributed by atoms with Crippen LogP contribution in [-0.4, -0.2) is 40.7 Å². The van der Waals surface area contributed by atoms with E-state index in [0.29, 0.717) is 25.9 Å². The van der Waals surface area contributed by atoms with Gasteiger partial charge in [-0.05, 0) is 36.9 Å². The standard InChI is InChI=1S/C20H27ClN8O2/c21-16-18(24)28-17(23)15(27-16)19(31)29-20(25)26-10-2-1-3-12-4-6-13(7-5-12)11-14(30)8-9-22/h4-7H,1-3,8-11,22H2,(H4,23,24,28)(H3,25,26,29,31). The van der Waals surface area contributed by atoms with E-state index >= 15 is 0 Å². The maximum absolute atomic E-state index is 12.2. The number of amides is 1. The molecule has 1 heterocycles. The molecule has 1 amide bonds. The van der Waals surface area contributed by atoms with Gasteiger partial charge in [-0.25, -0.2) is 9.97 Å². The van der Waals surface area contributed by atoms with Gasteiger partial charge in [0.25, 0.3) is 5.91 Å². The van der Waals surface area contributed by atoms with Crippen LogP contribution in [0.3, 0.4) is 0 Å². The van der Waals surface area contributed by atoms with Crippen molar-refractivity contribution in [2.75, 3.05) is 24.6 Å². The summed E-state index contributed by atoms with van der Waals surface area (Å²) in [6, 6.07) is 7.97. The number of hydrogen-bond donors (Lipinski definition) is 5. The van der Waals surface area contributed by atoms with E-state index in [1.54, 1.807) is 0 Å². The summed E-state index contributed by atoms with van der Waals surface area (Å²) in [6.07, 6.45) is 3.36. The number of nitrogens with two attached hydrogens (primary N) is 4. The number of hydrogen-bond acceptors (Lipinski definition) is 8. The Bertz CT molecular complexity index is 947. The zero-order valence-corrected chi connectivity index (χ0v) is 17.9. The van der Waals surface area contributed by atoms with E-state index in [-0.39, 0.29) is 34.2 Å². The topological polar surface area (TPSA) is 188 Å². The summed E-state index contributed by atoms with van der Waals surface area (Å²) >= 11 is 5.76. The molecule has 0 spiro atoms. The molecule has 2 aromatic rings. The highest BCUT2D eigenvalue weighted by Gasteiger charge is 2.16. The van der Waals surface area contributed by atoms with Gasteiger partial charge in [0, 0.05) is 19.4 Å². The Balaban J connectivity index is 1.74. The van der Waals surface area contributed by atoms with E-state index in [2.05, 4.69) is 20.3 Å². The molecule has 0 bridgehead atoms. The summed E-state index contributed by atoms with van der Waals surface area (Å²) in [5, 5.41) is 2.27. The Kier molecular flexibility index (Phi) is 9.16. The Labute approximate surface area is 185 Å². The van der Waals surface area contributed by atoms with Crippen molar-refractivity contribution in [2.24, 2.45) is 16.5 Å². The molecule has 1 aromatic carbocycles. The molecule has 2 rings (SSSR count). The van der Waals surface area contributed by atoms with Gasteiger partial charge in [0.05, 0.1) is 0 Å². The quantitative estimate of drug-likeness (QED) is 0.201. The normalized spacial score (nSPS) is 11.4. The number of benzene rings is 1. The van der Waals surface area contributed by atoms with Crippen molar-refractivity contribution in [1.82, 2.24) is 15.3 Å². The second-order valence-corrected chi connectivity index (χ2v) is 7.24. The fourth-order valence-corrected chi connectivity index (χ4v) is 2.89. The van der Waals surface area contributed by atoms with E-state index in [4.69, 9.17) is 34.5 Å². The Morgan fingerprint density at radius 2 is 1.71 bits per heavy atom. The second kappa shape index (κ2) is 11.8. The molecule has 0 unspecified atom stereocenters. The lowest BCUT2D eigenvalue weighted by Gasteiger charge is -2.07. The molecule has 31 heavy (non-hydrogen) atoms. The monoisotopic (exact) mass is 446 g/mol. The largest absolute Gasteiger partial charge is 0.382 e.